The summed E-state index contributed by atoms with van der Waals surface area (Å²) in [6.07, 6.45) is 11.7. The number of amides is 1. The number of benzene rings is 1. The van der Waals surface area contributed by atoms with E-state index in [-0.39, 0.29) is 5.92 Å². The summed E-state index contributed by atoms with van der Waals surface area (Å²) in [7, 11) is 0. The van der Waals surface area contributed by atoms with Crippen LogP contribution < -0.4 is 0 Å². The number of carbonyl (C=O) groups excluding carboxylic acids is 1. The van der Waals surface area contributed by atoms with Gasteiger partial charge in [-0.15, -0.1) is 0 Å². The molecule has 1 aliphatic heterocycles. The Bertz CT molecular complexity index is 1070. The maximum atomic E-state index is 13.1. The molecule has 1 unspecified atom stereocenters. The zero-order valence-electron chi connectivity index (χ0n) is 19.8. The van der Waals surface area contributed by atoms with E-state index in [0.29, 0.717) is 17.7 Å². The summed E-state index contributed by atoms with van der Waals surface area (Å²) in [4.78, 5) is 20.2. The number of rotatable bonds is 3. The van der Waals surface area contributed by atoms with Gasteiger partial charge in [-0.2, -0.15) is 0 Å². The van der Waals surface area contributed by atoms with Crippen LogP contribution in [0.1, 0.15) is 80.2 Å². The van der Waals surface area contributed by atoms with E-state index in [0.717, 1.165) is 65.1 Å². The van der Waals surface area contributed by atoms with E-state index >= 15 is 0 Å². The van der Waals surface area contributed by atoms with Gasteiger partial charge in [0, 0.05) is 45.6 Å². The Morgan fingerprint density at radius 3 is 2.62 bits per heavy atom. The van der Waals surface area contributed by atoms with Crippen LogP contribution in [-0.4, -0.2) is 28.9 Å². The molecule has 1 amide bonds. The lowest BCUT2D eigenvalue weighted by Gasteiger charge is -2.38. The van der Waals surface area contributed by atoms with Crippen molar-refractivity contribution < 1.29 is 4.79 Å². The van der Waals surface area contributed by atoms with Gasteiger partial charge in [-0.25, -0.2) is 0 Å². The second-order valence-corrected chi connectivity index (χ2v) is 12.9. The van der Waals surface area contributed by atoms with Gasteiger partial charge in [-0.05, 0) is 107 Å². The van der Waals surface area contributed by atoms with Gasteiger partial charge in [0.2, 0.25) is 5.91 Å². The molecule has 2 aromatic rings. The molecule has 1 saturated heterocycles. The van der Waals surface area contributed by atoms with Crippen molar-refractivity contribution >= 4 is 49.4 Å². The summed E-state index contributed by atoms with van der Waals surface area (Å²) >= 11 is 13.9. The minimum absolute atomic E-state index is 0.226. The number of likely N-dealkylation sites (tertiary alicyclic amines) is 1. The van der Waals surface area contributed by atoms with Gasteiger partial charge in [0.1, 0.15) is 0 Å². The molecule has 5 rings (SSSR count). The summed E-state index contributed by atoms with van der Waals surface area (Å²) in [6.45, 7) is 4.05. The zero-order chi connectivity index (χ0) is 23.8. The van der Waals surface area contributed by atoms with E-state index in [9.17, 15) is 4.79 Å². The van der Waals surface area contributed by atoms with Crippen LogP contribution in [-0.2, 0) is 17.6 Å². The van der Waals surface area contributed by atoms with E-state index in [2.05, 4.69) is 55.8 Å². The topological polar surface area (TPSA) is 33.2 Å². The number of nitrogens with zero attached hydrogens (tertiary/aromatic N) is 2. The first-order valence-electron chi connectivity index (χ1n) is 12.8. The molecule has 0 spiro atoms. The van der Waals surface area contributed by atoms with Crippen molar-refractivity contribution in [3.63, 3.8) is 0 Å². The molecule has 0 bridgehead atoms. The summed E-state index contributed by atoms with van der Waals surface area (Å²) in [5.74, 6) is 2.41. The third kappa shape index (κ3) is 5.27. The number of hydrogen-bond donors (Lipinski definition) is 0. The SMILES string of the molecule is C[C@@H]1CCCC(CC(=O)N2CCC([C@H]3c4ncc(Br)cc4CCc4cc(Cl)cc(Br)c43)CC2)C1. The predicted octanol–water partition coefficient (Wildman–Crippen LogP) is 7.95. The van der Waals surface area contributed by atoms with Crippen LogP contribution >= 0.6 is 43.5 Å². The third-order valence-electron chi connectivity index (χ3n) is 8.29. The first-order valence-corrected chi connectivity index (χ1v) is 14.8. The average molecular weight is 609 g/mol. The Morgan fingerprint density at radius 2 is 1.85 bits per heavy atom. The van der Waals surface area contributed by atoms with Crippen LogP contribution in [0.5, 0.6) is 0 Å². The van der Waals surface area contributed by atoms with E-state index in [1.165, 1.54) is 48.1 Å². The van der Waals surface area contributed by atoms with Crippen molar-refractivity contribution in [1.82, 2.24) is 9.88 Å². The fraction of sp³-hybridized carbons (Fsp3) is 0.571. The Morgan fingerprint density at radius 1 is 1.09 bits per heavy atom. The fourth-order valence-electron chi connectivity index (χ4n) is 6.63. The van der Waals surface area contributed by atoms with Crippen LogP contribution in [0.3, 0.4) is 0 Å². The molecule has 1 saturated carbocycles. The number of carbonyl (C=O) groups is 1. The molecule has 6 heteroatoms. The van der Waals surface area contributed by atoms with Crippen LogP contribution in [0.2, 0.25) is 5.02 Å². The number of pyridine rings is 1. The van der Waals surface area contributed by atoms with Gasteiger partial charge in [0.25, 0.3) is 0 Å². The predicted molar refractivity (Wildman–Crippen MR) is 145 cm³/mol. The lowest BCUT2D eigenvalue weighted by molar-refractivity contribution is -0.134. The Hall–Kier alpha value is -0.910. The molecule has 2 fully saturated rings. The minimum atomic E-state index is 0.226. The molecule has 2 aliphatic carbocycles. The number of aromatic nitrogens is 1. The molecular weight excluding hydrogens is 576 g/mol. The van der Waals surface area contributed by atoms with Crippen molar-refractivity contribution in [3.05, 3.63) is 60.7 Å². The van der Waals surface area contributed by atoms with Crippen LogP contribution in [0, 0.1) is 17.8 Å². The molecule has 34 heavy (non-hydrogen) atoms. The van der Waals surface area contributed by atoms with Crippen molar-refractivity contribution in [2.24, 2.45) is 17.8 Å². The standard InChI is InChI=1S/C28H33Br2ClN2O/c1-17-3-2-4-18(11-17)12-25(34)33-9-7-19(8-10-33)27-26-20(14-23(31)15-24(26)30)5-6-21-13-22(29)16-32-28(21)27/h13-19,27H,2-12H2,1H3/t17-,18?,27-/m1/s1. The van der Waals surface area contributed by atoms with Gasteiger partial charge >= 0.3 is 0 Å². The highest BCUT2D eigenvalue weighted by Crippen LogP contribution is 2.46. The summed E-state index contributed by atoms with van der Waals surface area (Å²) < 4.78 is 2.12. The Labute approximate surface area is 225 Å². The average Bonchev–Trinajstić information content (AvgIpc) is 2.96. The normalized spacial score (nSPS) is 25.4. The highest BCUT2D eigenvalue weighted by Gasteiger charge is 2.36. The number of piperidine rings is 1. The van der Waals surface area contributed by atoms with Crippen molar-refractivity contribution in [2.45, 2.75) is 70.6 Å². The third-order valence-corrected chi connectivity index (χ3v) is 9.60. The molecule has 0 N–H and O–H groups in total. The van der Waals surface area contributed by atoms with Gasteiger partial charge in [-0.3, -0.25) is 9.78 Å². The molecule has 3 nitrogen and oxygen atoms in total. The number of fused-ring (bicyclic) bond motifs is 2. The van der Waals surface area contributed by atoms with E-state index in [1.54, 1.807) is 0 Å². The zero-order valence-corrected chi connectivity index (χ0v) is 23.8. The monoisotopic (exact) mass is 606 g/mol. The highest BCUT2D eigenvalue weighted by atomic mass is 79.9. The maximum absolute atomic E-state index is 13.1. The molecule has 2 heterocycles. The molecule has 3 atom stereocenters. The quantitative estimate of drug-likeness (QED) is 0.354. The van der Waals surface area contributed by atoms with Crippen molar-refractivity contribution in [1.29, 1.82) is 0 Å². The summed E-state index contributed by atoms with van der Waals surface area (Å²) in [5.41, 5.74) is 5.19. The summed E-state index contributed by atoms with van der Waals surface area (Å²) in [6, 6.07) is 6.40. The number of halogens is 3. The van der Waals surface area contributed by atoms with Crippen LogP contribution in [0.4, 0.5) is 0 Å². The minimum Gasteiger partial charge on any atom is -0.343 e. The molecular formula is C28H33Br2ClN2O. The van der Waals surface area contributed by atoms with Gasteiger partial charge in [0.15, 0.2) is 0 Å². The Kier molecular flexibility index (Phi) is 7.72. The van der Waals surface area contributed by atoms with Gasteiger partial charge in [-0.1, -0.05) is 47.3 Å². The second-order valence-electron chi connectivity index (χ2n) is 10.7. The maximum Gasteiger partial charge on any atom is 0.222 e. The van der Waals surface area contributed by atoms with Crippen molar-refractivity contribution in [2.75, 3.05) is 13.1 Å². The highest BCUT2D eigenvalue weighted by molar-refractivity contribution is 9.10. The number of aryl methyl sites for hydroxylation is 2. The number of hydrogen-bond acceptors (Lipinski definition) is 2. The van der Waals surface area contributed by atoms with Crippen LogP contribution in [0.15, 0.2) is 33.3 Å². The largest absolute Gasteiger partial charge is 0.343 e. The van der Waals surface area contributed by atoms with E-state index in [4.69, 9.17) is 16.6 Å². The summed E-state index contributed by atoms with van der Waals surface area (Å²) in [5, 5.41) is 0.780. The lowest BCUT2D eigenvalue weighted by atomic mass is 9.76. The Balaban J connectivity index is 1.36. The lowest BCUT2D eigenvalue weighted by Crippen LogP contribution is -2.41. The molecule has 1 aromatic heterocycles. The molecule has 182 valence electrons. The van der Waals surface area contributed by atoms with Crippen LogP contribution in [0.25, 0.3) is 0 Å². The smallest absolute Gasteiger partial charge is 0.222 e. The van der Waals surface area contributed by atoms with E-state index in [1.807, 2.05) is 12.3 Å². The van der Waals surface area contributed by atoms with Crippen molar-refractivity contribution in [3.8, 4) is 0 Å². The van der Waals surface area contributed by atoms with Gasteiger partial charge < -0.3 is 4.90 Å². The van der Waals surface area contributed by atoms with Gasteiger partial charge in [0.05, 0.1) is 5.69 Å². The first-order chi connectivity index (χ1) is 16.4. The fourth-order valence-corrected chi connectivity index (χ4v) is 8.13. The molecule has 1 aromatic carbocycles. The molecule has 0 radical (unpaired) electrons. The second kappa shape index (κ2) is 10.6. The first kappa shape index (κ1) is 24.8. The molecule has 3 aliphatic rings. The van der Waals surface area contributed by atoms with E-state index < -0.39 is 0 Å².